The second kappa shape index (κ2) is 5.85. The Morgan fingerprint density at radius 2 is 2.05 bits per heavy atom. The third-order valence-electron chi connectivity index (χ3n) is 3.14. The Kier molecular flexibility index (Phi) is 4.18. The quantitative estimate of drug-likeness (QED) is 0.887. The third kappa shape index (κ3) is 2.94. The van der Waals surface area contributed by atoms with Crippen molar-refractivity contribution >= 4 is 11.8 Å². The molecule has 1 aliphatic heterocycles. The maximum absolute atomic E-state index is 14.6. The minimum atomic E-state index is -0.290. The Labute approximate surface area is 113 Å². The summed E-state index contributed by atoms with van der Waals surface area (Å²) in [5.41, 5.74) is 2.44. The van der Waals surface area contributed by atoms with Gasteiger partial charge in [-0.2, -0.15) is 5.26 Å². The molecule has 19 heavy (non-hydrogen) atoms. The van der Waals surface area contributed by atoms with Crippen molar-refractivity contribution in [3.63, 3.8) is 0 Å². The highest BCUT2D eigenvalue weighted by atomic mass is 19.1. The number of piperazine rings is 1. The van der Waals surface area contributed by atoms with Gasteiger partial charge in [-0.25, -0.2) is 4.39 Å². The number of nitrogens with zero attached hydrogens (tertiary/aromatic N) is 2. The van der Waals surface area contributed by atoms with E-state index in [0.29, 0.717) is 16.8 Å². The number of allylic oxidation sites excluding steroid dienone is 1. The first-order valence-electron chi connectivity index (χ1n) is 6.46. The lowest BCUT2D eigenvalue weighted by atomic mass is 10.0. The summed E-state index contributed by atoms with van der Waals surface area (Å²) in [5.74, 6) is -0.290. The van der Waals surface area contributed by atoms with Crippen LogP contribution in [0.5, 0.6) is 0 Å². The largest absolute Gasteiger partial charge is 0.366 e. The lowest BCUT2D eigenvalue weighted by molar-refractivity contribution is 0.565. The zero-order valence-electron chi connectivity index (χ0n) is 11.3. The van der Waals surface area contributed by atoms with E-state index in [0.717, 1.165) is 31.8 Å². The summed E-state index contributed by atoms with van der Waals surface area (Å²) in [6.45, 7) is 6.95. The van der Waals surface area contributed by atoms with Crippen LogP contribution in [0.1, 0.15) is 25.0 Å². The molecule has 0 aliphatic carbocycles. The fourth-order valence-corrected chi connectivity index (χ4v) is 2.29. The molecule has 1 saturated heterocycles. The molecule has 0 radical (unpaired) electrons. The summed E-state index contributed by atoms with van der Waals surface area (Å²) in [4.78, 5) is 1.95. The van der Waals surface area contributed by atoms with E-state index in [9.17, 15) is 9.65 Å². The van der Waals surface area contributed by atoms with Gasteiger partial charge in [-0.05, 0) is 19.9 Å². The van der Waals surface area contributed by atoms with Gasteiger partial charge in [0.05, 0.1) is 11.3 Å². The topological polar surface area (TPSA) is 39.1 Å². The van der Waals surface area contributed by atoms with Crippen molar-refractivity contribution in [1.29, 1.82) is 5.26 Å². The highest BCUT2D eigenvalue weighted by molar-refractivity contribution is 5.67. The van der Waals surface area contributed by atoms with Crippen LogP contribution in [0.3, 0.4) is 0 Å². The van der Waals surface area contributed by atoms with Crippen molar-refractivity contribution in [3.05, 3.63) is 34.6 Å². The van der Waals surface area contributed by atoms with Gasteiger partial charge >= 0.3 is 0 Å². The number of hydrogen-bond donors (Lipinski definition) is 1. The molecule has 0 bridgehead atoms. The summed E-state index contributed by atoms with van der Waals surface area (Å²) in [6.07, 6.45) is 1.81. The minimum Gasteiger partial charge on any atom is -0.366 e. The molecule has 0 saturated carbocycles. The SMILES string of the molecule is CC(C)=Cc1ccc(C#N)c(N2CCNCC2)c1F. The van der Waals surface area contributed by atoms with Crippen LogP contribution >= 0.6 is 0 Å². The zero-order chi connectivity index (χ0) is 13.8. The average molecular weight is 259 g/mol. The van der Waals surface area contributed by atoms with Crippen LogP contribution in [-0.2, 0) is 0 Å². The predicted molar refractivity (Wildman–Crippen MR) is 75.5 cm³/mol. The first-order chi connectivity index (χ1) is 9.13. The van der Waals surface area contributed by atoms with E-state index >= 15 is 0 Å². The molecule has 4 heteroatoms. The number of rotatable bonds is 2. The highest BCUT2D eigenvalue weighted by Gasteiger charge is 2.20. The molecule has 0 aromatic heterocycles. The van der Waals surface area contributed by atoms with Crippen LogP contribution in [0.2, 0.25) is 0 Å². The van der Waals surface area contributed by atoms with Crippen LogP contribution in [0.25, 0.3) is 6.08 Å². The molecular formula is C15H18FN3. The van der Waals surface area contributed by atoms with E-state index in [1.54, 1.807) is 12.1 Å². The fourth-order valence-electron chi connectivity index (χ4n) is 2.29. The van der Waals surface area contributed by atoms with E-state index < -0.39 is 0 Å². The Morgan fingerprint density at radius 1 is 1.37 bits per heavy atom. The molecule has 1 aromatic carbocycles. The van der Waals surface area contributed by atoms with Gasteiger partial charge in [0.1, 0.15) is 6.07 Å². The van der Waals surface area contributed by atoms with Gasteiger partial charge in [0.15, 0.2) is 5.82 Å². The molecule has 0 atom stereocenters. The number of nitrogens with one attached hydrogen (secondary N) is 1. The zero-order valence-corrected chi connectivity index (χ0v) is 11.3. The van der Waals surface area contributed by atoms with E-state index in [1.165, 1.54) is 0 Å². The average Bonchev–Trinajstić information content (AvgIpc) is 2.41. The molecule has 0 unspecified atom stereocenters. The molecule has 1 aliphatic rings. The van der Waals surface area contributed by atoms with Crippen molar-refractivity contribution in [2.45, 2.75) is 13.8 Å². The molecule has 1 aromatic rings. The molecule has 2 rings (SSSR count). The molecule has 0 spiro atoms. The molecule has 1 N–H and O–H groups in total. The van der Waals surface area contributed by atoms with Gasteiger partial charge in [0, 0.05) is 31.7 Å². The predicted octanol–water partition coefficient (Wildman–Crippen LogP) is 2.53. The van der Waals surface area contributed by atoms with Crippen molar-refractivity contribution in [2.24, 2.45) is 0 Å². The summed E-state index contributed by atoms with van der Waals surface area (Å²) in [7, 11) is 0. The first kappa shape index (κ1) is 13.6. The van der Waals surface area contributed by atoms with Gasteiger partial charge in [-0.15, -0.1) is 0 Å². The maximum Gasteiger partial charge on any atom is 0.155 e. The van der Waals surface area contributed by atoms with E-state index in [-0.39, 0.29) is 5.82 Å². The van der Waals surface area contributed by atoms with Crippen LogP contribution in [0, 0.1) is 17.1 Å². The van der Waals surface area contributed by atoms with Gasteiger partial charge in [0.2, 0.25) is 0 Å². The summed E-state index contributed by atoms with van der Waals surface area (Å²) >= 11 is 0. The van der Waals surface area contributed by atoms with Crippen molar-refractivity contribution < 1.29 is 4.39 Å². The Bertz CT molecular complexity index is 533. The molecule has 1 heterocycles. The molecule has 0 amide bonds. The number of hydrogen-bond acceptors (Lipinski definition) is 3. The first-order valence-corrected chi connectivity index (χ1v) is 6.46. The number of anilines is 1. The molecule has 3 nitrogen and oxygen atoms in total. The van der Waals surface area contributed by atoms with Crippen LogP contribution in [0.15, 0.2) is 17.7 Å². The number of halogens is 1. The van der Waals surface area contributed by atoms with Gasteiger partial charge in [-0.1, -0.05) is 17.7 Å². The fraction of sp³-hybridized carbons (Fsp3) is 0.400. The maximum atomic E-state index is 14.6. The monoisotopic (exact) mass is 259 g/mol. The van der Waals surface area contributed by atoms with Gasteiger partial charge in [-0.3, -0.25) is 0 Å². The highest BCUT2D eigenvalue weighted by Crippen LogP contribution is 2.28. The van der Waals surface area contributed by atoms with Crippen LogP contribution in [-0.4, -0.2) is 26.2 Å². The second-order valence-corrected chi connectivity index (χ2v) is 4.94. The molecular weight excluding hydrogens is 241 g/mol. The lowest BCUT2D eigenvalue weighted by Crippen LogP contribution is -2.44. The van der Waals surface area contributed by atoms with Crippen molar-refractivity contribution in [2.75, 3.05) is 31.1 Å². The summed E-state index contributed by atoms with van der Waals surface area (Å²) < 4.78 is 14.6. The van der Waals surface area contributed by atoms with Crippen molar-refractivity contribution in [1.82, 2.24) is 5.32 Å². The molecule has 1 fully saturated rings. The minimum absolute atomic E-state index is 0.290. The Hall–Kier alpha value is -1.86. The summed E-state index contributed by atoms with van der Waals surface area (Å²) in [5, 5.41) is 12.4. The Morgan fingerprint density at radius 3 is 2.63 bits per heavy atom. The Balaban J connectivity index is 2.49. The third-order valence-corrected chi connectivity index (χ3v) is 3.14. The number of nitriles is 1. The number of benzene rings is 1. The van der Waals surface area contributed by atoms with Crippen LogP contribution in [0.4, 0.5) is 10.1 Å². The standard InChI is InChI=1S/C15H18FN3/c1-11(2)9-12-3-4-13(10-17)15(14(12)16)19-7-5-18-6-8-19/h3-4,9,18H,5-8H2,1-2H3. The smallest absolute Gasteiger partial charge is 0.155 e. The van der Waals surface area contributed by atoms with E-state index in [4.69, 9.17) is 0 Å². The second-order valence-electron chi connectivity index (χ2n) is 4.94. The van der Waals surface area contributed by atoms with E-state index in [1.807, 2.05) is 24.8 Å². The molecule has 100 valence electrons. The summed E-state index contributed by atoms with van der Waals surface area (Å²) in [6, 6.07) is 5.47. The lowest BCUT2D eigenvalue weighted by Gasteiger charge is -2.30. The van der Waals surface area contributed by atoms with Gasteiger partial charge in [0.25, 0.3) is 0 Å². The normalized spacial score (nSPS) is 14.9. The van der Waals surface area contributed by atoms with E-state index in [2.05, 4.69) is 11.4 Å². The van der Waals surface area contributed by atoms with Crippen molar-refractivity contribution in [3.8, 4) is 6.07 Å². The van der Waals surface area contributed by atoms with Crippen LogP contribution < -0.4 is 10.2 Å². The van der Waals surface area contributed by atoms with Gasteiger partial charge < -0.3 is 10.2 Å².